The van der Waals surface area contributed by atoms with E-state index in [2.05, 4.69) is 4.74 Å². The lowest BCUT2D eigenvalue weighted by molar-refractivity contribution is -0.0842. The van der Waals surface area contributed by atoms with Gasteiger partial charge in [0.1, 0.15) is 13.3 Å². The molecular formula is C7H11F3O3. The fourth-order valence-corrected chi connectivity index (χ4v) is 0.769. The summed E-state index contributed by atoms with van der Waals surface area (Å²) in [6.07, 6.45) is -1.81. The molecule has 1 N–H and O–H groups in total. The van der Waals surface area contributed by atoms with Crippen LogP contribution in [-0.4, -0.2) is 36.9 Å². The maximum absolute atomic E-state index is 12.3. The molecule has 0 amide bonds. The van der Waals surface area contributed by atoms with E-state index in [0.717, 1.165) is 0 Å². The van der Waals surface area contributed by atoms with E-state index in [-0.39, 0.29) is 0 Å². The summed E-state index contributed by atoms with van der Waals surface area (Å²) in [7, 11) is 0. The summed E-state index contributed by atoms with van der Waals surface area (Å²) in [5.41, 5.74) is -2.19. The number of hydrogen-bond acceptors (Lipinski definition) is 2. The van der Waals surface area contributed by atoms with E-state index in [9.17, 15) is 18.0 Å². The molecular weight excluding hydrogens is 189 g/mol. The monoisotopic (exact) mass is 200 g/mol. The molecule has 0 aliphatic rings. The van der Waals surface area contributed by atoms with Gasteiger partial charge in [0.15, 0.2) is 5.60 Å². The summed E-state index contributed by atoms with van der Waals surface area (Å²) in [4.78, 5) is 10.1. The largest absolute Gasteiger partial charge is 0.506 e. The predicted molar refractivity (Wildman–Crippen MR) is 38.9 cm³/mol. The van der Waals surface area contributed by atoms with Crippen LogP contribution in [0.15, 0.2) is 0 Å². The van der Waals surface area contributed by atoms with Gasteiger partial charge in [0.2, 0.25) is 0 Å². The summed E-state index contributed by atoms with van der Waals surface area (Å²) in [5, 5.41) is 8.18. The van der Waals surface area contributed by atoms with Gasteiger partial charge in [-0.1, -0.05) is 6.92 Å². The zero-order chi connectivity index (χ0) is 10.5. The Morgan fingerprint density at radius 1 is 1.46 bits per heavy atom. The molecule has 0 radical (unpaired) electrons. The normalized spacial score (nSPS) is 13.8. The van der Waals surface area contributed by atoms with Crippen molar-refractivity contribution in [1.82, 2.24) is 0 Å². The van der Waals surface area contributed by atoms with Gasteiger partial charge >= 0.3 is 6.16 Å². The van der Waals surface area contributed by atoms with Crippen LogP contribution in [0.25, 0.3) is 0 Å². The van der Waals surface area contributed by atoms with Crippen molar-refractivity contribution in [3.05, 3.63) is 0 Å². The standard InChI is InChI=1S/C7H11F3O3/c1-5(2-8)7(3-9,4-10)13-6(11)12/h5H,2-4H2,1H3,(H,11,12). The highest BCUT2D eigenvalue weighted by Crippen LogP contribution is 2.24. The van der Waals surface area contributed by atoms with E-state index in [1.807, 2.05) is 0 Å². The Morgan fingerprint density at radius 3 is 2.15 bits per heavy atom. The molecule has 78 valence electrons. The quantitative estimate of drug-likeness (QED) is 0.690. The fourth-order valence-electron chi connectivity index (χ4n) is 0.769. The third-order valence-corrected chi connectivity index (χ3v) is 1.87. The Balaban J connectivity index is 4.57. The first-order chi connectivity index (χ1) is 6.02. The highest BCUT2D eigenvalue weighted by molar-refractivity contribution is 5.57. The van der Waals surface area contributed by atoms with Crippen LogP contribution < -0.4 is 0 Å². The molecule has 0 aliphatic carbocycles. The number of rotatable bonds is 5. The first-order valence-electron chi connectivity index (χ1n) is 3.62. The molecule has 0 aromatic rings. The van der Waals surface area contributed by atoms with Crippen LogP contribution >= 0.6 is 0 Å². The van der Waals surface area contributed by atoms with Crippen molar-refractivity contribution in [2.24, 2.45) is 5.92 Å². The van der Waals surface area contributed by atoms with Gasteiger partial charge in [-0.2, -0.15) is 0 Å². The number of carbonyl (C=O) groups is 1. The van der Waals surface area contributed by atoms with Gasteiger partial charge in [0.05, 0.1) is 6.67 Å². The minimum Gasteiger partial charge on any atom is -0.450 e. The highest BCUT2D eigenvalue weighted by atomic mass is 19.1. The second-order valence-electron chi connectivity index (χ2n) is 2.76. The molecule has 0 saturated carbocycles. The fraction of sp³-hybridized carbons (Fsp3) is 0.857. The Kier molecular flexibility index (Phi) is 4.58. The SMILES string of the molecule is CC(CF)C(CF)(CF)OC(=O)O. The lowest BCUT2D eigenvalue weighted by Crippen LogP contribution is -2.46. The predicted octanol–water partition coefficient (Wildman–Crippen LogP) is 1.96. The third-order valence-electron chi connectivity index (χ3n) is 1.87. The zero-order valence-corrected chi connectivity index (χ0v) is 7.10. The lowest BCUT2D eigenvalue weighted by Gasteiger charge is -2.30. The molecule has 0 fully saturated rings. The number of alkyl halides is 3. The van der Waals surface area contributed by atoms with E-state index >= 15 is 0 Å². The smallest absolute Gasteiger partial charge is 0.450 e. The van der Waals surface area contributed by atoms with E-state index in [1.165, 1.54) is 6.92 Å². The second kappa shape index (κ2) is 4.94. The lowest BCUT2D eigenvalue weighted by atomic mass is 9.92. The van der Waals surface area contributed by atoms with E-state index in [1.54, 1.807) is 0 Å². The molecule has 6 heteroatoms. The molecule has 0 heterocycles. The number of halogens is 3. The van der Waals surface area contributed by atoms with Crippen LogP contribution in [0.5, 0.6) is 0 Å². The average molecular weight is 200 g/mol. The van der Waals surface area contributed by atoms with Crippen molar-refractivity contribution < 1.29 is 27.8 Å². The van der Waals surface area contributed by atoms with Crippen LogP contribution in [0.2, 0.25) is 0 Å². The van der Waals surface area contributed by atoms with Gasteiger partial charge in [0.25, 0.3) is 0 Å². The van der Waals surface area contributed by atoms with Crippen LogP contribution in [0.1, 0.15) is 6.92 Å². The maximum Gasteiger partial charge on any atom is 0.506 e. The second-order valence-corrected chi connectivity index (χ2v) is 2.76. The summed E-state index contributed by atoms with van der Waals surface area (Å²) in [5.74, 6) is -1.14. The summed E-state index contributed by atoms with van der Waals surface area (Å²) in [6, 6.07) is 0. The topological polar surface area (TPSA) is 46.5 Å². The molecule has 0 spiro atoms. The van der Waals surface area contributed by atoms with Crippen LogP contribution in [0, 0.1) is 5.92 Å². The van der Waals surface area contributed by atoms with Gasteiger partial charge in [-0.15, -0.1) is 0 Å². The molecule has 1 atom stereocenters. The van der Waals surface area contributed by atoms with E-state index < -0.39 is 37.7 Å². The number of ether oxygens (including phenoxy) is 1. The number of carboxylic acid groups (broad SMARTS) is 1. The molecule has 0 aliphatic heterocycles. The van der Waals surface area contributed by atoms with Crippen molar-refractivity contribution in [1.29, 1.82) is 0 Å². The van der Waals surface area contributed by atoms with Crippen molar-refractivity contribution in [3.8, 4) is 0 Å². The Hall–Kier alpha value is -0.940. The van der Waals surface area contributed by atoms with Gasteiger partial charge in [-0.3, -0.25) is 4.39 Å². The van der Waals surface area contributed by atoms with Gasteiger partial charge in [-0.05, 0) is 0 Å². The van der Waals surface area contributed by atoms with Gasteiger partial charge in [-0.25, -0.2) is 13.6 Å². The van der Waals surface area contributed by atoms with Crippen molar-refractivity contribution in [2.75, 3.05) is 20.0 Å². The Bertz CT molecular complexity index is 170. The molecule has 0 bridgehead atoms. The van der Waals surface area contributed by atoms with E-state index in [0.29, 0.717) is 0 Å². The molecule has 0 aromatic heterocycles. The van der Waals surface area contributed by atoms with Crippen LogP contribution in [-0.2, 0) is 4.74 Å². The Morgan fingerprint density at radius 2 is 1.92 bits per heavy atom. The first-order valence-corrected chi connectivity index (χ1v) is 3.62. The Labute approximate surface area is 73.5 Å². The van der Waals surface area contributed by atoms with Crippen LogP contribution in [0.3, 0.4) is 0 Å². The first kappa shape index (κ1) is 12.1. The number of hydrogen-bond donors (Lipinski definition) is 1. The molecule has 0 rings (SSSR count). The van der Waals surface area contributed by atoms with Crippen LogP contribution in [0.4, 0.5) is 18.0 Å². The van der Waals surface area contributed by atoms with E-state index in [4.69, 9.17) is 5.11 Å². The minimum absolute atomic E-state index is 1.04. The van der Waals surface area contributed by atoms with Gasteiger partial charge < -0.3 is 9.84 Å². The summed E-state index contributed by atoms with van der Waals surface area (Å²) >= 11 is 0. The molecule has 13 heavy (non-hydrogen) atoms. The highest BCUT2D eigenvalue weighted by Gasteiger charge is 2.41. The molecule has 1 unspecified atom stereocenters. The maximum atomic E-state index is 12.3. The van der Waals surface area contributed by atoms with Crippen molar-refractivity contribution >= 4 is 6.16 Å². The minimum atomic E-state index is -2.19. The average Bonchev–Trinajstić information content (AvgIpc) is 2.12. The summed E-state index contributed by atoms with van der Waals surface area (Å²) < 4.78 is 40.7. The summed E-state index contributed by atoms with van der Waals surface area (Å²) in [6.45, 7) is -2.61. The molecule has 0 saturated heterocycles. The third kappa shape index (κ3) is 2.78. The van der Waals surface area contributed by atoms with Crippen molar-refractivity contribution in [3.63, 3.8) is 0 Å². The zero-order valence-electron chi connectivity index (χ0n) is 7.10. The van der Waals surface area contributed by atoms with Crippen molar-refractivity contribution in [2.45, 2.75) is 12.5 Å². The molecule has 0 aromatic carbocycles. The molecule has 3 nitrogen and oxygen atoms in total. The van der Waals surface area contributed by atoms with Gasteiger partial charge in [0, 0.05) is 5.92 Å².